The van der Waals surface area contributed by atoms with E-state index in [1.807, 2.05) is 33.8 Å². The first-order valence-corrected chi connectivity index (χ1v) is 14.6. The summed E-state index contributed by atoms with van der Waals surface area (Å²) in [5, 5.41) is 12.3. The maximum atomic E-state index is 14.3. The van der Waals surface area contributed by atoms with Crippen molar-refractivity contribution in [3.63, 3.8) is 0 Å². The first-order chi connectivity index (χ1) is 18.8. The van der Waals surface area contributed by atoms with E-state index in [0.29, 0.717) is 19.3 Å². The molecule has 2 aliphatic heterocycles. The molecule has 0 radical (unpaired) electrons. The predicted molar refractivity (Wildman–Crippen MR) is 142 cm³/mol. The van der Waals surface area contributed by atoms with Gasteiger partial charge in [0.2, 0.25) is 0 Å². The van der Waals surface area contributed by atoms with Crippen LogP contribution < -0.4 is 0 Å². The van der Waals surface area contributed by atoms with Crippen LogP contribution >= 0.6 is 0 Å². The summed E-state index contributed by atoms with van der Waals surface area (Å²) in [7, 11) is 0. The van der Waals surface area contributed by atoms with Crippen LogP contribution in [-0.4, -0.2) is 71.2 Å². The summed E-state index contributed by atoms with van der Waals surface area (Å²) < 4.78 is 31.0. The summed E-state index contributed by atoms with van der Waals surface area (Å²) >= 11 is 0. The number of aliphatic hydroxyl groups is 1. The molecule has 5 fully saturated rings. The normalized spacial score (nSPS) is 51.6. The van der Waals surface area contributed by atoms with Gasteiger partial charge in [0, 0.05) is 42.9 Å². The van der Waals surface area contributed by atoms with Gasteiger partial charge in [-0.05, 0) is 33.1 Å². The van der Waals surface area contributed by atoms with Crippen LogP contribution in [0.5, 0.6) is 0 Å². The lowest BCUT2D eigenvalue weighted by molar-refractivity contribution is -0.259. The van der Waals surface area contributed by atoms with Crippen molar-refractivity contribution < 1.29 is 48.0 Å². The molecule has 2 saturated heterocycles. The molecule has 0 aromatic heterocycles. The number of carbonyl (C=O) groups is 4. The Morgan fingerprint density at radius 1 is 1.02 bits per heavy atom. The Balaban J connectivity index is 1.65. The fraction of sp³-hybridized carbons (Fsp3) is 0.806. The summed E-state index contributed by atoms with van der Waals surface area (Å²) in [6.45, 7) is 15.5. The minimum Gasteiger partial charge on any atom is -0.465 e. The second kappa shape index (κ2) is 7.92. The third-order valence-corrected chi connectivity index (χ3v) is 12.6. The molecule has 6 rings (SSSR count). The van der Waals surface area contributed by atoms with E-state index in [2.05, 4.69) is 6.92 Å². The molecule has 0 spiro atoms. The fourth-order valence-corrected chi connectivity index (χ4v) is 11.3. The van der Waals surface area contributed by atoms with Crippen LogP contribution in [0.3, 0.4) is 0 Å². The number of esters is 4. The smallest absolute Gasteiger partial charge is 0.316 e. The third kappa shape index (κ3) is 2.78. The second-order valence-corrected chi connectivity index (χ2v) is 14.6. The number of rotatable bonds is 4. The van der Waals surface area contributed by atoms with E-state index in [-0.39, 0.29) is 24.5 Å². The minimum absolute atomic E-state index is 0.0953. The summed E-state index contributed by atoms with van der Waals surface area (Å²) in [6.07, 6.45) is 0.297. The number of carbonyl (C=O) groups excluding carboxylic acids is 4. The fourth-order valence-electron chi connectivity index (χ4n) is 11.3. The van der Waals surface area contributed by atoms with Crippen molar-refractivity contribution in [1.82, 2.24) is 0 Å². The van der Waals surface area contributed by atoms with Crippen molar-refractivity contribution in [2.24, 2.45) is 33.0 Å². The van der Waals surface area contributed by atoms with Gasteiger partial charge in [-0.2, -0.15) is 0 Å². The molecule has 2 heterocycles. The van der Waals surface area contributed by atoms with Crippen LogP contribution in [-0.2, 0) is 42.9 Å². The molecule has 10 nitrogen and oxygen atoms in total. The van der Waals surface area contributed by atoms with Gasteiger partial charge in [0.15, 0.2) is 0 Å². The van der Waals surface area contributed by atoms with Crippen molar-refractivity contribution in [2.45, 2.75) is 117 Å². The van der Waals surface area contributed by atoms with E-state index in [4.69, 9.17) is 23.7 Å². The zero-order valence-corrected chi connectivity index (χ0v) is 25.4. The minimum atomic E-state index is -1.68. The molecule has 11 atom stereocenters. The zero-order valence-electron chi connectivity index (χ0n) is 25.4. The quantitative estimate of drug-likeness (QED) is 0.303. The monoisotopic (exact) mass is 574 g/mol. The molecule has 0 aromatic rings. The molecule has 4 aliphatic carbocycles. The average Bonchev–Trinajstić information content (AvgIpc) is 3.25. The molecule has 3 saturated carbocycles. The molecule has 0 amide bonds. The lowest BCUT2D eigenvalue weighted by Gasteiger charge is -2.68. The molecule has 0 aromatic carbocycles. The molecular formula is C31H42O10. The third-order valence-electron chi connectivity index (χ3n) is 12.6. The zero-order chi connectivity index (χ0) is 30.3. The SMILES string of the molecule is CC(=O)OC[C@@]12[C@@H]3O[C@@]4(C=C(C)[C@@]1(C)[C@@H](OC(C)=O)[C@@]3(C)O)[C@]2(C)C[C@H]1OC(=O)[C@]42CC[C@H](OC(C)=O)C(C)(C)[C@@H]12. The molecule has 10 heteroatoms. The molecule has 0 unspecified atom stereocenters. The standard InChI is InChI=1S/C31H42O10/c1-15-12-31-26(7,13-19-21-25(5,6)20(38-17(3)33)10-11-29(21,31)24(35)40-19)30(14-37-16(2)32)23(41-31)28(9,36)22(27(15,30)8)39-18(4)34/h12,19-23,36H,10-11,13-14H2,1-9H3/t19-,20+,21-,22-,23-,26-,27+,28-,29-,30+,31+/m1/s1. The highest BCUT2D eigenvalue weighted by atomic mass is 16.6. The number of hydrogen-bond acceptors (Lipinski definition) is 10. The van der Waals surface area contributed by atoms with Crippen LogP contribution in [0.1, 0.15) is 81.6 Å². The van der Waals surface area contributed by atoms with Gasteiger partial charge in [-0.3, -0.25) is 19.2 Å². The van der Waals surface area contributed by atoms with Crippen molar-refractivity contribution >= 4 is 23.9 Å². The number of ether oxygens (including phenoxy) is 5. The van der Waals surface area contributed by atoms with Crippen molar-refractivity contribution in [2.75, 3.05) is 6.61 Å². The summed E-state index contributed by atoms with van der Waals surface area (Å²) in [5.41, 5.74) is -6.86. The Morgan fingerprint density at radius 3 is 2.24 bits per heavy atom. The van der Waals surface area contributed by atoms with Gasteiger partial charge in [-0.25, -0.2) is 0 Å². The van der Waals surface area contributed by atoms with E-state index in [0.717, 1.165) is 5.57 Å². The highest BCUT2D eigenvalue weighted by Gasteiger charge is 2.95. The van der Waals surface area contributed by atoms with Gasteiger partial charge in [0.1, 0.15) is 47.6 Å². The largest absolute Gasteiger partial charge is 0.465 e. The van der Waals surface area contributed by atoms with E-state index < -0.39 is 74.6 Å². The molecule has 4 bridgehead atoms. The number of hydrogen-bond donors (Lipinski definition) is 1. The van der Waals surface area contributed by atoms with E-state index in [1.54, 1.807) is 6.92 Å². The van der Waals surface area contributed by atoms with E-state index >= 15 is 0 Å². The maximum Gasteiger partial charge on any atom is 0.316 e. The first kappa shape index (κ1) is 28.6. The molecule has 1 N–H and O–H groups in total. The van der Waals surface area contributed by atoms with E-state index in [9.17, 15) is 24.3 Å². The average molecular weight is 575 g/mol. The lowest BCUT2D eigenvalue weighted by Crippen LogP contribution is -2.75. The molecule has 6 aliphatic rings. The molecular weight excluding hydrogens is 532 g/mol. The van der Waals surface area contributed by atoms with Gasteiger partial charge in [-0.1, -0.05) is 39.3 Å². The van der Waals surface area contributed by atoms with Crippen LogP contribution in [0.15, 0.2) is 11.6 Å². The predicted octanol–water partition coefficient (Wildman–Crippen LogP) is 3.03. The first-order valence-electron chi connectivity index (χ1n) is 14.6. The maximum absolute atomic E-state index is 14.3. The van der Waals surface area contributed by atoms with Gasteiger partial charge < -0.3 is 28.8 Å². The Kier molecular flexibility index (Phi) is 5.54. The van der Waals surface area contributed by atoms with Gasteiger partial charge >= 0.3 is 23.9 Å². The van der Waals surface area contributed by atoms with Gasteiger partial charge in [0.25, 0.3) is 0 Å². The van der Waals surface area contributed by atoms with Gasteiger partial charge in [-0.15, -0.1) is 0 Å². The van der Waals surface area contributed by atoms with Crippen LogP contribution in [0, 0.1) is 33.0 Å². The van der Waals surface area contributed by atoms with Crippen molar-refractivity contribution in [3.05, 3.63) is 11.6 Å². The molecule has 41 heavy (non-hydrogen) atoms. The lowest BCUT2D eigenvalue weighted by atomic mass is 9.33. The summed E-state index contributed by atoms with van der Waals surface area (Å²) in [4.78, 5) is 51.1. The van der Waals surface area contributed by atoms with Crippen molar-refractivity contribution in [1.29, 1.82) is 0 Å². The highest BCUT2D eigenvalue weighted by molar-refractivity contribution is 5.85. The van der Waals surface area contributed by atoms with Crippen LogP contribution in [0.25, 0.3) is 0 Å². The van der Waals surface area contributed by atoms with Crippen LogP contribution in [0.4, 0.5) is 0 Å². The van der Waals surface area contributed by atoms with E-state index in [1.165, 1.54) is 20.8 Å². The van der Waals surface area contributed by atoms with Gasteiger partial charge in [0.05, 0.1) is 5.41 Å². The Bertz CT molecular complexity index is 1300. The van der Waals surface area contributed by atoms with Crippen LogP contribution in [0.2, 0.25) is 0 Å². The van der Waals surface area contributed by atoms with Crippen molar-refractivity contribution in [3.8, 4) is 0 Å². The highest BCUT2D eigenvalue weighted by Crippen LogP contribution is 2.86. The Labute approximate surface area is 240 Å². The Hall–Kier alpha value is -2.46. The Morgan fingerprint density at radius 2 is 1.66 bits per heavy atom. The molecule has 226 valence electrons. The summed E-state index contributed by atoms with van der Waals surface area (Å²) in [6, 6.07) is 0. The topological polar surface area (TPSA) is 135 Å². The second-order valence-electron chi connectivity index (χ2n) is 14.6. The summed E-state index contributed by atoms with van der Waals surface area (Å²) in [5.74, 6) is -2.09.